The smallest absolute Gasteiger partial charge is 0.0548 e. The first kappa shape index (κ1) is 9.50. The summed E-state index contributed by atoms with van der Waals surface area (Å²) in [6.07, 6.45) is 2.40. The van der Waals surface area contributed by atoms with Crippen molar-refractivity contribution in [1.82, 2.24) is 5.32 Å². The normalized spacial score (nSPS) is 21.2. The van der Waals surface area contributed by atoms with Gasteiger partial charge in [0.15, 0.2) is 0 Å². The quantitative estimate of drug-likeness (QED) is 0.862. The molecular formula is C10H11BrClN. The van der Waals surface area contributed by atoms with E-state index in [0.29, 0.717) is 6.04 Å². The summed E-state index contributed by atoms with van der Waals surface area (Å²) in [6.45, 7) is 1.17. The van der Waals surface area contributed by atoms with Crippen LogP contribution in [0.4, 0.5) is 0 Å². The Kier molecular flexibility index (Phi) is 2.92. The number of halogens is 2. The third-order valence-electron chi connectivity index (χ3n) is 2.39. The van der Waals surface area contributed by atoms with Crippen molar-refractivity contribution >= 4 is 27.5 Å². The van der Waals surface area contributed by atoms with E-state index in [-0.39, 0.29) is 0 Å². The van der Waals surface area contributed by atoms with Gasteiger partial charge in [-0.05, 0) is 53.0 Å². The van der Waals surface area contributed by atoms with Gasteiger partial charge in [0.25, 0.3) is 0 Å². The largest absolute Gasteiger partial charge is 0.314 e. The number of rotatable bonds is 2. The van der Waals surface area contributed by atoms with Gasteiger partial charge in [-0.2, -0.15) is 0 Å². The molecule has 0 aromatic heterocycles. The summed E-state index contributed by atoms with van der Waals surface area (Å²) in [5, 5.41) is 4.16. The summed E-state index contributed by atoms with van der Waals surface area (Å²) in [4.78, 5) is 0. The molecule has 0 amide bonds. The van der Waals surface area contributed by atoms with Crippen molar-refractivity contribution in [1.29, 1.82) is 0 Å². The van der Waals surface area contributed by atoms with Gasteiger partial charge in [-0.1, -0.05) is 17.7 Å². The Bertz CT molecular complexity index is 310. The Morgan fingerprint density at radius 3 is 2.85 bits per heavy atom. The minimum Gasteiger partial charge on any atom is -0.314 e. The Labute approximate surface area is 91.6 Å². The Balaban J connectivity index is 2.07. The standard InChI is InChI=1S/C10H11BrClN/c11-9-6-7(1-2-10(9)12)5-8-3-4-13-8/h1-2,6,8,13H,3-5H2. The minimum atomic E-state index is 0.674. The second-order valence-electron chi connectivity index (χ2n) is 3.39. The highest BCUT2D eigenvalue weighted by atomic mass is 79.9. The van der Waals surface area contributed by atoms with Crippen LogP contribution in [0.2, 0.25) is 5.02 Å². The van der Waals surface area contributed by atoms with Crippen molar-refractivity contribution in [2.24, 2.45) is 0 Å². The van der Waals surface area contributed by atoms with E-state index in [9.17, 15) is 0 Å². The minimum absolute atomic E-state index is 0.674. The molecule has 1 aromatic rings. The molecule has 1 fully saturated rings. The molecule has 70 valence electrons. The number of hydrogen-bond donors (Lipinski definition) is 1. The summed E-state index contributed by atoms with van der Waals surface area (Å²) < 4.78 is 0.992. The van der Waals surface area contributed by atoms with Crippen molar-refractivity contribution < 1.29 is 0 Å². The van der Waals surface area contributed by atoms with Gasteiger partial charge in [0.2, 0.25) is 0 Å². The first-order chi connectivity index (χ1) is 6.25. The molecule has 1 saturated heterocycles. The molecule has 3 heteroatoms. The fraction of sp³-hybridized carbons (Fsp3) is 0.400. The lowest BCUT2D eigenvalue weighted by Gasteiger charge is -2.27. The van der Waals surface area contributed by atoms with Crippen LogP contribution in [0.1, 0.15) is 12.0 Å². The van der Waals surface area contributed by atoms with Crippen LogP contribution in [0.25, 0.3) is 0 Å². The highest BCUT2D eigenvalue weighted by molar-refractivity contribution is 9.10. The van der Waals surface area contributed by atoms with Crippen molar-refractivity contribution in [2.75, 3.05) is 6.54 Å². The summed E-state index contributed by atoms with van der Waals surface area (Å²) in [5.74, 6) is 0. The summed E-state index contributed by atoms with van der Waals surface area (Å²) in [7, 11) is 0. The van der Waals surface area contributed by atoms with Crippen LogP contribution >= 0.6 is 27.5 Å². The monoisotopic (exact) mass is 259 g/mol. The Hall–Kier alpha value is -0.0500. The van der Waals surface area contributed by atoms with Crippen LogP contribution in [0.5, 0.6) is 0 Å². The number of nitrogens with one attached hydrogen (secondary N) is 1. The molecule has 1 aliphatic rings. The second kappa shape index (κ2) is 3.99. The SMILES string of the molecule is Clc1ccc(CC2CCN2)cc1Br. The molecule has 0 saturated carbocycles. The van der Waals surface area contributed by atoms with Gasteiger partial charge >= 0.3 is 0 Å². The topological polar surface area (TPSA) is 12.0 Å². The number of hydrogen-bond acceptors (Lipinski definition) is 1. The Morgan fingerprint density at radius 1 is 1.54 bits per heavy atom. The molecule has 1 heterocycles. The highest BCUT2D eigenvalue weighted by Crippen LogP contribution is 2.24. The fourth-order valence-corrected chi connectivity index (χ4v) is 2.02. The number of benzene rings is 1. The molecule has 0 radical (unpaired) electrons. The van der Waals surface area contributed by atoms with Gasteiger partial charge in [-0.25, -0.2) is 0 Å². The first-order valence-corrected chi connectivity index (χ1v) is 5.60. The maximum absolute atomic E-state index is 5.90. The molecule has 0 bridgehead atoms. The Morgan fingerprint density at radius 2 is 2.31 bits per heavy atom. The predicted octanol–water partition coefficient (Wildman–Crippen LogP) is 3.01. The van der Waals surface area contributed by atoms with E-state index in [0.717, 1.165) is 15.9 Å². The molecule has 1 unspecified atom stereocenters. The lowest BCUT2D eigenvalue weighted by Crippen LogP contribution is -2.44. The zero-order valence-corrected chi connectivity index (χ0v) is 9.53. The summed E-state index contributed by atoms with van der Waals surface area (Å²) >= 11 is 9.33. The van der Waals surface area contributed by atoms with Crippen molar-refractivity contribution in [3.63, 3.8) is 0 Å². The maximum atomic E-state index is 5.90. The predicted molar refractivity (Wildman–Crippen MR) is 59.3 cm³/mol. The first-order valence-electron chi connectivity index (χ1n) is 4.43. The molecule has 1 aliphatic heterocycles. The van der Waals surface area contributed by atoms with Crippen LogP contribution in [-0.4, -0.2) is 12.6 Å². The van der Waals surface area contributed by atoms with Gasteiger partial charge in [0, 0.05) is 10.5 Å². The van der Waals surface area contributed by atoms with Gasteiger partial charge in [-0.15, -0.1) is 0 Å². The van der Waals surface area contributed by atoms with E-state index >= 15 is 0 Å². The average Bonchev–Trinajstić information content (AvgIpc) is 2.04. The third-order valence-corrected chi connectivity index (χ3v) is 3.61. The van der Waals surface area contributed by atoms with Gasteiger partial charge in [0.05, 0.1) is 5.02 Å². The van der Waals surface area contributed by atoms with E-state index in [1.807, 2.05) is 6.07 Å². The van der Waals surface area contributed by atoms with Crippen molar-refractivity contribution in [3.05, 3.63) is 33.3 Å². The second-order valence-corrected chi connectivity index (χ2v) is 4.65. The molecule has 0 aliphatic carbocycles. The van der Waals surface area contributed by atoms with Crippen molar-refractivity contribution in [2.45, 2.75) is 18.9 Å². The van der Waals surface area contributed by atoms with E-state index in [4.69, 9.17) is 11.6 Å². The molecule has 0 spiro atoms. The fourth-order valence-electron chi connectivity index (χ4n) is 1.47. The van der Waals surface area contributed by atoms with Gasteiger partial charge in [0.1, 0.15) is 0 Å². The van der Waals surface area contributed by atoms with Crippen LogP contribution in [0.3, 0.4) is 0 Å². The molecule has 1 aromatic carbocycles. The van der Waals surface area contributed by atoms with E-state index < -0.39 is 0 Å². The van der Waals surface area contributed by atoms with Crippen LogP contribution < -0.4 is 5.32 Å². The van der Waals surface area contributed by atoms with E-state index in [1.165, 1.54) is 18.5 Å². The molecular weight excluding hydrogens is 249 g/mol. The lowest BCUT2D eigenvalue weighted by atomic mass is 9.98. The maximum Gasteiger partial charge on any atom is 0.0548 e. The molecule has 13 heavy (non-hydrogen) atoms. The molecule has 1 nitrogen and oxygen atoms in total. The summed E-state index contributed by atoms with van der Waals surface area (Å²) in [6, 6.07) is 6.81. The lowest BCUT2D eigenvalue weighted by molar-refractivity contribution is 0.369. The van der Waals surface area contributed by atoms with E-state index in [2.05, 4.69) is 33.4 Å². The van der Waals surface area contributed by atoms with Crippen LogP contribution in [0, 0.1) is 0 Å². The highest BCUT2D eigenvalue weighted by Gasteiger charge is 2.16. The zero-order valence-electron chi connectivity index (χ0n) is 7.19. The zero-order chi connectivity index (χ0) is 9.26. The van der Waals surface area contributed by atoms with E-state index in [1.54, 1.807) is 0 Å². The van der Waals surface area contributed by atoms with Crippen LogP contribution in [-0.2, 0) is 6.42 Å². The third kappa shape index (κ3) is 2.25. The molecule has 1 atom stereocenters. The van der Waals surface area contributed by atoms with Crippen LogP contribution in [0.15, 0.2) is 22.7 Å². The summed E-state index contributed by atoms with van der Waals surface area (Å²) in [5.41, 5.74) is 1.34. The average molecular weight is 261 g/mol. The molecule has 1 N–H and O–H groups in total. The van der Waals surface area contributed by atoms with Crippen molar-refractivity contribution in [3.8, 4) is 0 Å². The molecule has 2 rings (SSSR count). The van der Waals surface area contributed by atoms with Gasteiger partial charge < -0.3 is 5.32 Å². The van der Waals surface area contributed by atoms with Gasteiger partial charge in [-0.3, -0.25) is 0 Å².